The van der Waals surface area contributed by atoms with E-state index in [1.54, 1.807) is 13.0 Å². The first-order valence-electron chi connectivity index (χ1n) is 11.7. The number of hydrogen-bond donors (Lipinski definition) is 0. The van der Waals surface area contributed by atoms with Gasteiger partial charge in [-0.2, -0.15) is 0 Å². The first-order chi connectivity index (χ1) is 17.3. The number of carbonyl (C=O) groups excluding carboxylic acids is 3. The van der Waals surface area contributed by atoms with Gasteiger partial charge in [-0.15, -0.1) is 0 Å². The van der Waals surface area contributed by atoms with Crippen molar-refractivity contribution in [1.29, 1.82) is 0 Å². The van der Waals surface area contributed by atoms with Crippen LogP contribution in [-0.4, -0.2) is 39.2 Å². The zero-order chi connectivity index (χ0) is 25.8. The number of rotatable bonds is 8. The summed E-state index contributed by atoms with van der Waals surface area (Å²) in [7, 11) is 0. The SMILES string of the molecule is CCOC(=O)[C@H](C)N1C(=O)S/C(=C/c2cc(C)n(-c3ccc(OCc4ccccc4)cc3)c2C)C1=O. The second kappa shape index (κ2) is 10.9. The molecule has 0 saturated carbocycles. The highest BCUT2D eigenvalue weighted by Crippen LogP contribution is 2.35. The fraction of sp³-hybridized carbons (Fsp3) is 0.250. The number of hydrogen-bond acceptors (Lipinski definition) is 6. The van der Waals surface area contributed by atoms with Gasteiger partial charge in [0, 0.05) is 17.1 Å². The lowest BCUT2D eigenvalue weighted by Crippen LogP contribution is -2.42. The number of benzene rings is 2. The van der Waals surface area contributed by atoms with Gasteiger partial charge >= 0.3 is 5.97 Å². The molecule has 1 aromatic heterocycles. The molecule has 8 heteroatoms. The molecule has 0 unspecified atom stereocenters. The molecule has 1 aliphatic rings. The lowest BCUT2D eigenvalue weighted by molar-refractivity contribution is -0.150. The van der Waals surface area contributed by atoms with Gasteiger partial charge in [-0.3, -0.25) is 14.5 Å². The zero-order valence-corrected chi connectivity index (χ0v) is 21.5. The minimum absolute atomic E-state index is 0.182. The first kappa shape index (κ1) is 25.3. The van der Waals surface area contributed by atoms with Crippen LogP contribution in [0.4, 0.5) is 4.79 Å². The van der Waals surface area contributed by atoms with Crippen molar-refractivity contribution >= 4 is 35.0 Å². The molecule has 4 rings (SSSR count). The Morgan fingerprint density at radius 1 is 1.06 bits per heavy atom. The molecule has 2 amide bonds. The molecule has 186 valence electrons. The van der Waals surface area contributed by atoms with E-state index in [4.69, 9.17) is 9.47 Å². The number of carbonyl (C=O) groups is 3. The Hall–Kier alpha value is -3.78. The van der Waals surface area contributed by atoms with Crippen LogP contribution in [0.3, 0.4) is 0 Å². The van der Waals surface area contributed by atoms with Crippen LogP contribution in [0.15, 0.2) is 65.6 Å². The fourth-order valence-electron chi connectivity index (χ4n) is 4.09. The minimum Gasteiger partial charge on any atom is -0.489 e. The Morgan fingerprint density at radius 3 is 2.42 bits per heavy atom. The predicted molar refractivity (Wildman–Crippen MR) is 140 cm³/mol. The Morgan fingerprint density at radius 2 is 1.75 bits per heavy atom. The van der Waals surface area contributed by atoms with E-state index < -0.39 is 23.2 Å². The summed E-state index contributed by atoms with van der Waals surface area (Å²) in [6, 6.07) is 18.8. The number of ether oxygens (including phenoxy) is 2. The molecular formula is C28H28N2O5S. The summed E-state index contributed by atoms with van der Waals surface area (Å²) < 4.78 is 12.9. The minimum atomic E-state index is -0.974. The molecule has 36 heavy (non-hydrogen) atoms. The number of aryl methyl sites for hydroxylation is 1. The van der Waals surface area contributed by atoms with Gasteiger partial charge in [-0.25, -0.2) is 4.79 Å². The molecule has 0 N–H and O–H groups in total. The highest BCUT2D eigenvalue weighted by molar-refractivity contribution is 8.18. The summed E-state index contributed by atoms with van der Waals surface area (Å²) in [5, 5.41) is -0.480. The van der Waals surface area contributed by atoms with Gasteiger partial charge in [-0.05, 0) is 87.0 Å². The lowest BCUT2D eigenvalue weighted by atomic mass is 10.2. The van der Waals surface area contributed by atoms with Gasteiger partial charge in [0.25, 0.3) is 11.1 Å². The van der Waals surface area contributed by atoms with Crippen LogP contribution < -0.4 is 4.74 Å². The molecule has 0 aliphatic carbocycles. The van der Waals surface area contributed by atoms with Gasteiger partial charge in [0.15, 0.2) is 0 Å². The molecule has 2 aromatic carbocycles. The molecule has 0 spiro atoms. The number of aromatic nitrogens is 1. The van der Waals surface area contributed by atoms with Gasteiger partial charge in [-0.1, -0.05) is 30.3 Å². The van der Waals surface area contributed by atoms with Crippen LogP contribution in [0.5, 0.6) is 5.75 Å². The molecule has 0 bridgehead atoms. The van der Waals surface area contributed by atoms with Gasteiger partial charge in [0.1, 0.15) is 18.4 Å². The molecular weight excluding hydrogens is 476 g/mol. The standard InChI is InChI=1S/C28H28N2O5S/c1-5-34-27(32)20(4)30-26(31)25(36-28(30)33)16-22-15-18(2)29(19(22)3)23-11-13-24(14-12-23)35-17-21-9-7-6-8-10-21/h6-16,20H,5,17H2,1-4H3/b25-16+/t20-/m0/s1. The van der Waals surface area contributed by atoms with Gasteiger partial charge < -0.3 is 14.0 Å². The highest BCUT2D eigenvalue weighted by Gasteiger charge is 2.41. The van der Waals surface area contributed by atoms with Crippen LogP contribution in [-0.2, 0) is 20.9 Å². The molecule has 1 saturated heterocycles. The van der Waals surface area contributed by atoms with E-state index in [9.17, 15) is 14.4 Å². The first-order valence-corrected chi connectivity index (χ1v) is 12.5. The molecule has 1 aliphatic heterocycles. The van der Waals surface area contributed by atoms with Crippen molar-refractivity contribution < 1.29 is 23.9 Å². The van der Waals surface area contributed by atoms with E-state index in [2.05, 4.69) is 4.57 Å². The zero-order valence-electron chi connectivity index (χ0n) is 20.7. The van der Waals surface area contributed by atoms with Crippen LogP contribution in [0.1, 0.15) is 36.4 Å². The second-order valence-electron chi connectivity index (χ2n) is 8.41. The second-order valence-corrected chi connectivity index (χ2v) is 9.40. The van der Waals surface area contributed by atoms with Crippen molar-refractivity contribution in [2.45, 2.75) is 40.3 Å². The number of thioether (sulfide) groups is 1. The predicted octanol–water partition coefficient (Wildman–Crippen LogP) is 5.66. The van der Waals surface area contributed by atoms with Crippen LogP contribution in [0, 0.1) is 13.8 Å². The van der Waals surface area contributed by atoms with Crippen molar-refractivity contribution in [2.75, 3.05) is 6.61 Å². The summed E-state index contributed by atoms with van der Waals surface area (Å²) in [5.74, 6) is -0.319. The van der Waals surface area contributed by atoms with E-state index in [-0.39, 0.29) is 11.5 Å². The monoisotopic (exact) mass is 504 g/mol. The third kappa shape index (κ3) is 5.23. The Labute approximate surface area is 214 Å². The van der Waals surface area contributed by atoms with E-state index in [0.29, 0.717) is 6.61 Å². The molecule has 1 fully saturated rings. The topological polar surface area (TPSA) is 77.8 Å². The molecule has 1 atom stereocenters. The van der Waals surface area contributed by atoms with Crippen molar-refractivity contribution in [3.8, 4) is 11.4 Å². The summed E-state index contributed by atoms with van der Waals surface area (Å²) in [6.07, 6.45) is 1.71. The number of esters is 1. The molecule has 7 nitrogen and oxygen atoms in total. The van der Waals surface area contributed by atoms with E-state index in [1.807, 2.05) is 74.5 Å². The summed E-state index contributed by atoms with van der Waals surface area (Å²) in [5.41, 5.74) is 4.79. The maximum absolute atomic E-state index is 12.9. The van der Waals surface area contributed by atoms with Crippen LogP contribution in [0.25, 0.3) is 11.8 Å². The van der Waals surface area contributed by atoms with Crippen LogP contribution >= 0.6 is 11.8 Å². The quantitative estimate of drug-likeness (QED) is 0.291. The van der Waals surface area contributed by atoms with Gasteiger partial charge in [0.05, 0.1) is 11.5 Å². The molecule has 0 radical (unpaired) electrons. The number of amides is 2. The summed E-state index contributed by atoms with van der Waals surface area (Å²) in [4.78, 5) is 38.7. The third-order valence-electron chi connectivity index (χ3n) is 5.94. The maximum atomic E-state index is 12.9. The van der Waals surface area contributed by atoms with Crippen molar-refractivity contribution in [3.05, 3.63) is 88.1 Å². The van der Waals surface area contributed by atoms with Gasteiger partial charge in [0.2, 0.25) is 0 Å². The third-order valence-corrected chi connectivity index (χ3v) is 6.82. The Kier molecular flexibility index (Phi) is 7.64. The molecule has 2 heterocycles. The van der Waals surface area contributed by atoms with E-state index >= 15 is 0 Å². The highest BCUT2D eigenvalue weighted by atomic mass is 32.2. The largest absolute Gasteiger partial charge is 0.489 e. The summed E-state index contributed by atoms with van der Waals surface area (Å²) >= 11 is 0.831. The smallest absolute Gasteiger partial charge is 0.329 e. The van der Waals surface area contributed by atoms with Crippen molar-refractivity contribution in [3.63, 3.8) is 0 Å². The maximum Gasteiger partial charge on any atom is 0.329 e. The summed E-state index contributed by atoms with van der Waals surface area (Å²) in [6.45, 7) is 7.80. The van der Waals surface area contributed by atoms with E-state index in [1.165, 1.54) is 6.92 Å². The normalized spacial score (nSPS) is 15.4. The fourth-order valence-corrected chi connectivity index (χ4v) is 4.99. The van der Waals surface area contributed by atoms with Crippen LogP contribution in [0.2, 0.25) is 0 Å². The average Bonchev–Trinajstić information content (AvgIpc) is 3.31. The van der Waals surface area contributed by atoms with Crippen molar-refractivity contribution in [2.24, 2.45) is 0 Å². The lowest BCUT2D eigenvalue weighted by Gasteiger charge is -2.19. The Bertz CT molecular complexity index is 1310. The molecule has 3 aromatic rings. The number of nitrogens with zero attached hydrogens (tertiary/aromatic N) is 2. The van der Waals surface area contributed by atoms with Crippen molar-refractivity contribution in [1.82, 2.24) is 9.47 Å². The number of imide groups is 1. The Balaban J connectivity index is 1.52. The average molecular weight is 505 g/mol. The van der Waals surface area contributed by atoms with E-state index in [0.717, 1.165) is 50.6 Å².